The quantitative estimate of drug-likeness (QED) is 0.832. The molecule has 76 valence electrons. The Bertz CT molecular complexity index is 329. The Labute approximate surface area is 98.7 Å². The monoisotopic (exact) mass is 302 g/mol. The van der Waals surface area contributed by atoms with Crippen LogP contribution in [-0.4, -0.2) is 5.11 Å². The lowest BCUT2D eigenvalue weighted by molar-refractivity contribution is 0.0283. The second kappa shape index (κ2) is 3.49. The van der Waals surface area contributed by atoms with Crippen LogP contribution in [0.2, 0.25) is 0 Å². The Morgan fingerprint density at radius 3 is 2.29 bits per heavy atom. The number of halogens is 1. The zero-order valence-corrected chi connectivity index (χ0v) is 10.7. The molecular formula is C12H15IO. The van der Waals surface area contributed by atoms with Crippen molar-refractivity contribution in [2.45, 2.75) is 25.9 Å². The molecule has 1 N–H and O–H groups in total. The van der Waals surface area contributed by atoms with Crippen LogP contribution in [0, 0.1) is 15.4 Å². The highest BCUT2D eigenvalue weighted by atomic mass is 127. The molecule has 1 aliphatic carbocycles. The molecule has 3 atom stereocenters. The van der Waals surface area contributed by atoms with Crippen molar-refractivity contribution < 1.29 is 5.11 Å². The summed E-state index contributed by atoms with van der Waals surface area (Å²) < 4.78 is 1.21. The molecule has 1 aliphatic rings. The maximum absolute atomic E-state index is 10.4. The Balaban J connectivity index is 2.25. The average molecular weight is 302 g/mol. The fourth-order valence-corrected chi connectivity index (χ4v) is 2.47. The van der Waals surface area contributed by atoms with Gasteiger partial charge in [0, 0.05) is 3.57 Å². The smallest absolute Gasteiger partial charge is 0.0899 e. The van der Waals surface area contributed by atoms with Crippen molar-refractivity contribution in [2.24, 2.45) is 11.8 Å². The van der Waals surface area contributed by atoms with Gasteiger partial charge in [0.25, 0.3) is 0 Å². The third kappa shape index (κ3) is 1.82. The molecule has 0 aliphatic heterocycles. The predicted molar refractivity (Wildman–Crippen MR) is 66.0 cm³/mol. The van der Waals surface area contributed by atoms with Crippen LogP contribution in [0.25, 0.3) is 0 Å². The van der Waals surface area contributed by atoms with Gasteiger partial charge in [-0.05, 0) is 65.5 Å². The van der Waals surface area contributed by atoms with E-state index < -0.39 is 5.60 Å². The number of hydrogen-bond donors (Lipinski definition) is 1. The first-order chi connectivity index (χ1) is 6.51. The number of benzene rings is 1. The summed E-state index contributed by atoms with van der Waals surface area (Å²) >= 11 is 2.28. The van der Waals surface area contributed by atoms with E-state index in [9.17, 15) is 5.11 Å². The van der Waals surface area contributed by atoms with Crippen LogP contribution in [0.3, 0.4) is 0 Å². The van der Waals surface area contributed by atoms with Gasteiger partial charge in [-0.25, -0.2) is 0 Å². The first-order valence-electron chi connectivity index (χ1n) is 5.00. The highest BCUT2D eigenvalue weighted by Crippen LogP contribution is 2.50. The summed E-state index contributed by atoms with van der Waals surface area (Å²) in [6, 6.07) is 8.18. The van der Waals surface area contributed by atoms with Crippen molar-refractivity contribution in [1.29, 1.82) is 0 Å². The van der Waals surface area contributed by atoms with E-state index >= 15 is 0 Å². The van der Waals surface area contributed by atoms with Crippen LogP contribution in [0.1, 0.15) is 25.8 Å². The maximum Gasteiger partial charge on any atom is 0.0899 e. The summed E-state index contributed by atoms with van der Waals surface area (Å²) in [7, 11) is 0. The summed E-state index contributed by atoms with van der Waals surface area (Å²) in [5.74, 6) is 1.12. The molecule has 2 unspecified atom stereocenters. The second-order valence-corrected chi connectivity index (χ2v) is 5.72. The van der Waals surface area contributed by atoms with Crippen molar-refractivity contribution in [1.82, 2.24) is 0 Å². The Morgan fingerprint density at radius 2 is 1.86 bits per heavy atom. The van der Waals surface area contributed by atoms with Crippen molar-refractivity contribution >= 4 is 22.6 Å². The fourth-order valence-electron chi connectivity index (χ4n) is 2.11. The molecule has 1 nitrogen and oxygen atoms in total. The molecule has 1 aromatic rings. The van der Waals surface area contributed by atoms with Gasteiger partial charge in [0.1, 0.15) is 0 Å². The first kappa shape index (κ1) is 10.4. The van der Waals surface area contributed by atoms with Gasteiger partial charge in [-0.2, -0.15) is 0 Å². The van der Waals surface area contributed by atoms with Gasteiger partial charge in [0.15, 0.2) is 0 Å². The lowest BCUT2D eigenvalue weighted by Gasteiger charge is -2.24. The van der Waals surface area contributed by atoms with E-state index in [-0.39, 0.29) is 0 Å². The molecule has 2 rings (SSSR count). The van der Waals surface area contributed by atoms with Gasteiger partial charge in [-0.15, -0.1) is 0 Å². The molecule has 0 spiro atoms. The molecule has 14 heavy (non-hydrogen) atoms. The lowest BCUT2D eigenvalue weighted by atomic mass is 9.90. The SMILES string of the molecule is CC1CC1[C@@](C)(O)c1ccc(I)cc1. The molecule has 0 amide bonds. The average Bonchev–Trinajstić information content (AvgIpc) is 2.84. The normalized spacial score (nSPS) is 29.7. The first-order valence-corrected chi connectivity index (χ1v) is 6.08. The largest absolute Gasteiger partial charge is 0.385 e. The zero-order chi connectivity index (χ0) is 10.3. The molecule has 0 radical (unpaired) electrons. The summed E-state index contributed by atoms with van der Waals surface area (Å²) in [6.45, 7) is 4.13. The highest BCUT2D eigenvalue weighted by Gasteiger charge is 2.47. The third-order valence-electron chi connectivity index (χ3n) is 3.26. The Hall–Kier alpha value is -0.0900. The minimum Gasteiger partial charge on any atom is -0.385 e. The Morgan fingerprint density at radius 1 is 1.36 bits per heavy atom. The number of hydrogen-bond acceptors (Lipinski definition) is 1. The van der Waals surface area contributed by atoms with E-state index in [1.807, 2.05) is 19.1 Å². The molecular weight excluding hydrogens is 287 g/mol. The maximum atomic E-state index is 10.4. The topological polar surface area (TPSA) is 20.2 Å². The van der Waals surface area contributed by atoms with Gasteiger partial charge in [-0.3, -0.25) is 0 Å². The Kier molecular flexibility index (Phi) is 2.60. The molecule has 0 heterocycles. The third-order valence-corrected chi connectivity index (χ3v) is 3.98. The van der Waals surface area contributed by atoms with Crippen LogP contribution in [0.4, 0.5) is 0 Å². The van der Waals surface area contributed by atoms with E-state index in [2.05, 4.69) is 41.6 Å². The van der Waals surface area contributed by atoms with Crippen LogP contribution in [0.5, 0.6) is 0 Å². The molecule has 1 aromatic carbocycles. The summed E-state index contributed by atoms with van der Waals surface area (Å²) in [4.78, 5) is 0. The van der Waals surface area contributed by atoms with E-state index in [0.717, 1.165) is 12.0 Å². The summed E-state index contributed by atoms with van der Waals surface area (Å²) in [5.41, 5.74) is 0.413. The minimum absolute atomic E-state index is 0.447. The van der Waals surface area contributed by atoms with Crippen LogP contribution >= 0.6 is 22.6 Å². The van der Waals surface area contributed by atoms with E-state index in [4.69, 9.17) is 0 Å². The van der Waals surface area contributed by atoms with Crippen LogP contribution in [0.15, 0.2) is 24.3 Å². The van der Waals surface area contributed by atoms with Gasteiger partial charge in [0.2, 0.25) is 0 Å². The van der Waals surface area contributed by atoms with Crippen LogP contribution in [-0.2, 0) is 5.60 Å². The number of aliphatic hydroxyl groups is 1. The van der Waals surface area contributed by atoms with Crippen molar-refractivity contribution in [3.63, 3.8) is 0 Å². The van der Waals surface area contributed by atoms with Gasteiger partial charge in [0.05, 0.1) is 5.60 Å². The summed E-state index contributed by atoms with van der Waals surface area (Å²) in [5, 5.41) is 10.4. The van der Waals surface area contributed by atoms with Crippen molar-refractivity contribution in [3.8, 4) is 0 Å². The van der Waals surface area contributed by atoms with Gasteiger partial charge < -0.3 is 5.11 Å². The molecule has 1 saturated carbocycles. The van der Waals surface area contributed by atoms with E-state index in [0.29, 0.717) is 11.8 Å². The minimum atomic E-state index is -0.635. The van der Waals surface area contributed by atoms with Crippen molar-refractivity contribution in [3.05, 3.63) is 33.4 Å². The standard InChI is InChI=1S/C12H15IO/c1-8-7-11(8)12(2,14)9-3-5-10(13)6-4-9/h3-6,8,11,14H,7H2,1-2H3/t8?,11?,12-/m0/s1. The molecule has 2 heteroatoms. The lowest BCUT2D eigenvalue weighted by Crippen LogP contribution is -2.24. The van der Waals surface area contributed by atoms with Crippen LogP contribution < -0.4 is 0 Å². The summed E-state index contributed by atoms with van der Waals surface area (Å²) in [6.07, 6.45) is 1.15. The molecule has 0 saturated heterocycles. The molecule has 0 aromatic heterocycles. The van der Waals surface area contributed by atoms with Gasteiger partial charge >= 0.3 is 0 Å². The molecule has 0 bridgehead atoms. The predicted octanol–water partition coefficient (Wildman–Crippen LogP) is 3.15. The van der Waals surface area contributed by atoms with E-state index in [1.54, 1.807) is 0 Å². The fraction of sp³-hybridized carbons (Fsp3) is 0.500. The zero-order valence-electron chi connectivity index (χ0n) is 8.50. The van der Waals surface area contributed by atoms with Crippen molar-refractivity contribution in [2.75, 3.05) is 0 Å². The highest BCUT2D eigenvalue weighted by molar-refractivity contribution is 14.1. The second-order valence-electron chi connectivity index (χ2n) is 4.47. The van der Waals surface area contributed by atoms with Gasteiger partial charge in [-0.1, -0.05) is 19.1 Å². The molecule has 1 fully saturated rings. The number of rotatable bonds is 2. The van der Waals surface area contributed by atoms with E-state index in [1.165, 1.54) is 3.57 Å².